The Kier molecular flexibility index (Phi) is 5.51. The Morgan fingerprint density at radius 3 is 2.44 bits per heavy atom. The first-order valence-corrected chi connectivity index (χ1v) is 8.28. The molecular weight excluding hydrogens is 342 g/mol. The predicted octanol–water partition coefficient (Wildman–Crippen LogP) is 3.39. The van der Waals surface area contributed by atoms with Crippen LogP contribution in [0.3, 0.4) is 0 Å². The first-order valence-electron chi connectivity index (χ1n) is 8.28. The van der Waals surface area contributed by atoms with E-state index < -0.39 is 0 Å². The van der Waals surface area contributed by atoms with E-state index in [4.69, 9.17) is 15.2 Å². The zero-order chi connectivity index (χ0) is 19.2. The molecule has 0 saturated heterocycles. The molecule has 3 aromatic rings. The van der Waals surface area contributed by atoms with Crippen LogP contribution in [0.25, 0.3) is 16.6 Å². The van der Waals surface area contributed by atoms with E-state index in [1.165, 1.54) is 6.20 Å². The molecule has 2 aromatic heterocycles. The van der Waals surface area contributed by atoms with Gasteiger partial charge >= 0.3 is 0 Å². The Bertz CT molecular complexity index is 992. The molecule has 0 aliphatic rings. The van der Waals surface area contributed by atoms with Gasteiger partial charge in [-0.05, 0) is 18.2 Å². The molecule has 2 heterocycles. The van der Waals surface area contributed by atoms with Crippen LogP contribution < -0.4 is 20.5 Å². The van der Waals surface area contributed by atoms with Gasteiger partial charge in [0, 0.05) is 60.7 Å². The number of nitrogens with two attached hydrogens (primary N) is 1. The molecule has 7 heteroatoms. The van der Waals surface area contributed by atoms with Crippen LogP contribution in [0.2, 0.25) is 0 Å². The molecule has 0 unspecified atom stereocenters. The highest BCUT2D eigenvalue weighted by Gasteiger charge is 2.06. The standard InChI is InChI=1S/C20H21N5O2/c1-22-11-14(10-21)13-6-19-18(23-12-13)4-5-20(25-19)24-15-7-16(26-2)9-17(8-15)27-3/h4-12H,21H2,1-3H3,(H,24,25). The average molecular weight is 363 g/mol. The number of aliphatic imine (C=N–C) groups is 1. The van der Waals surface area contributed by atoms with Crippen LogP contribution in [0.5, 0.6) is 11.5 Å². The minimum Gasteiger partial charge on any atom is -0.497 e. The SMILES string of the molecule is CN=CC(=CN)c1cnc2ccc(Nc3cc(OC)cc(OC)c3)nc2c1. The second-order valence-corrected chi connectivity index (χ2v) is 5.69. The van der Waals surface area contributed by atoms with Gasteiger partial charge in [0.1, 0.15) is 17.3 Å². The number of hydrogen-bond acceptors (Lipinski definition) is 7. The number of methoxy groups -OCH3 is 2. The maximum absolute atomic E-state index is 5.68. The lowest BCUT2D eigenvalue weighted by molar-refractivity contribution is 0.395. The van der Waals surface area contributed by atoms with Crippen molar-refractivity contribution >= 4 is 34.3 Å². The maximum atomic E-state index is 5.68. The predicted molar refractivity (Wildman–Crippen MR) is 109 cm³/mol. The lowest BCUT2D eigenvalue weighted by Gasteiger charge is -2.11. The van der Waals surface area contributed by atoms with Gasteiger partial charge < -0.3 is 20.5 Å². The van der Waals surface area contributed by atoms with Crippen LogP contribution in [0.4, 0.5) is 11.5 Å². The van der Waals surface area contributed by atoms with Gasteiger partial charge in [-0.2, -0.15) is 0 Å². The molecule has 3 N–H and O–H groups in total. The smallest absolute Gasteiger partial charge is 0.131 e. The van der Waals surface area contributed by atoms with Gasteiger partial charge in [-0.3, -0.25) is 9.98 Å². The second-order valence-electron chi connectivity index (χ2n) is 5.69. The Morgan fingerprint density at radius 1 is 1.07 bits per heavy atom. The summed E-state index contributed by atoms with van der Waals surface area (Å²) < 4.78 is 10.6. The zero-order valence-corrected chi connectivity index (χ0v) is 15.4. The number of ether oxygens (including phenoxy) is 2. The molecule has 0 bridgehead atoms. The van der Waals surface area contributed by atoms with Crippen LogP contribution in [-0.4, -0.2) is 37.4 Å². The van der Waals surface area contributed by atoms with E-state index in [0.29, 0.717) is 17.3 Å². The van der Waals surface area contributed by atoms with E-state index in [2.05, 4.69) is 20.3 Å². The van der Waals surface area contributed by atoms with Crippen LogP contribution in [-0.2, 0) is 0 Å². The number of rotatable bonds is 6. The van der Waals surface area contributed by atoms with Crippen LogP contribution in [0.15, 0.2) is 53.8 Å². The van der Waals surface area contributed by atoms with Crippen molar-refractivity contribution in [3.8, 4) is 11.5 Å². The van der Waals surface area contributed by atoms with Crippen LogP contribution in [0.1, 0.15) is 5.56 Å². The van der Waals surface area contributed by atoms with Crippen molar-refractivity contribution < 1.29 is 9.47 Å². The molecule has 1 aromatic carbocycles. The summed E-state index contributed by atoms with van der Waals surface area (Å²) in [4.78, 5) is 13.1. The van der Waals surface area contributed by atoms with E-state index in [1.54, 1.807) is 33.7 Å². The van der Waals surface area contributed by atoms with E-state index >= 15 is 0 Å². The molecule has 27 heavy (non-hydrogen) atoms. The number of benzene rings is 1. The quantitative estimate of drug-likeness (QED) is 0.652. The maximum Gasteiger partial charge on any atom is 0.131 e. The van der Waals surface area contributed by atoms with Crippen molar-refractivity contribution in [1.82, 2.24) is 9.97 Å². The average Bonchev–Trinajstić information content (AvgIpc) is 2.71. The number of aromatic nitrogens is 2. The van der Waals surface area contributed by atoms with Crippen molar-refractivity contribution in [3.63, 3.8) is 0 Å². The second kappa shape index (κ2) is 8.18. The molecule has 0 spiro atoms. The van der Waals surface area contributed by atoms with E-state index in [1.807, 2.05) is 36.4 Å². The number of hydrogen-bond donors (Lipinski definition) is 2. The Balaban J connectivity index is 1.96. The van der Waals surface area contributed by atoms with Gasteiger partial charge in [0.05, 0.1) is 25.3 Å². The third kappa shape index (κ3) is 4.14. The molecule has 0 aliphatic carbocycles. The summed E-state index contributed by atoms with van der Waals surface area (Å²) in [7, 11) is 4.92. The van der Waals surface area contributed by atoms with Gasteiger partial charge in [-0.25, -0.2) is 4.98 Å². The summed E-state index contributed by atoms with van der Waals surface area (Å²) in [6, 6.07) is 11.3. The van der Waals surface area contributed by atoms with E-state index in [-0.39, 0.29) is 0 Å². The molecule has 0 atom stereocenters. The molecule has 3 rings (SSSR count). The van der Waals surface area contributed by atoms with Crippen LogP contribution >= 0.6 is 0 Å². The largest absolute Gasteiger partial charge is 0.497 e. The lowest BCUT2D eigenvalue weighted by Crippen LogP contribution is -1.97. The molecule has 138 valence electrons. The lowest BCUT2D eigenvalue weighted by atomic mass is 10.1. The van der Waals surface area contributed by atoms with Gasteiger partial charge in [0.15, 0.2) is 0 Å². The third-order valence-electron chi connectivity index (χ3n) is 3.94. The Morgan fingerprint density at radius 2 is 1.81 bits per heavy atom. The first-order chi connectivity index (χ1) is 13.2. The first kappa shape index (κ1) is 18.2. The van der Waals surface area contributed by atoms with Crippen molar-refractivity contribution in [2.45, 2.75) is 0 Å². The molecule has 0 aliphatic heterocycles. The zero-order valence-electron chi connectivity index (χ0n) is 15.4. The molecular formula is C20H21N5O2. The summed E-state index contributed by atoms with van der Waals surface area (Å²) in [6.45, 7) is 0. The van der Waals surface area contributed by atoms with Crippen molar-refractivity contribution in [2.24, 2.45) is 10.7 Å². The summed E-state index contributed by atoms with van der Waals surface area (Å²) >= 11 is 0. The van der Waals surface area contributed by atoms with Gasteiger partial charge in [0.2, 0.25) is 0 Å². The fraction of sp³-hybridized carbons (Fsp3) is 0.150. The fourth-order valence-corrected chi connectivity index (χ4v) is 2.61. The van der Waals surface area contributed by atoms with Crippen LogP contribution in [0, 0.1) is 0 Å². The van der Waals surface area contributed by atoms with E-state index in [9.17, 15) is 0 Å². The number of allylic oxidation sites excluding steroid dienone is 1. The molecule has 0 amide bonds. The van der Waals surface area contributed by atoms with Gasteiger partial charge in [-0.1, -0.05) is 0 Å². The summed E-state index contributed by atoms with van der Waals surface area (Å²) in [5.74, 6) is 2.07. The molecule has 7 nitrogen and oxygen atoms in total. The number of anilines is 2. The highest BCUT2D eigenvalue weighted by molar-refractivity contribution is 6.10. The van der Waals surface area contributed by atoms with Crippen molar-refractivity contribution in [3.05, 3.63) is 54.4 Å². The molecule has 0 fully saturated rings. The Labute approximate surface area is 157 Å². The highest BCUT2D eigenvalue weighted by atomic mass is 16.5. The number of nitrogens with one attached hydrogen (secondary N) is 1. The topological polar surface area (TPSA) is 94.7 Å². The molecule has 0 saturated carbocycles. The normalized spacial score (nSPS) is 11.7. The summed E-state index contributed by atoms with van der Waals surface area (Å²) in [5.41, 5.74) is 9.66. The summed E-state index contributed by atoms with van der Waals surface area (Å²) in [6.07, 6.45) is 4.94. The minimum absolute atomic E-state index is 0.680. The number of fused-ring (bicyclic) bond motifs is 1. The number of pyridine rings is 2. The molecule has 0 radical (unpaired) electrons. The van der Waals surface area contributed by atoms with Crippen molar-refractivity contribution in [1.29, 1.82) is 0 Å². The summed E-state index contributed by atoms with van der Waals surface area (Å²) in [5, 5.41) is 3.27. The van der Waals surface area contributed by atoms with Gasteiger partial charge in [-0.15, -0.1) is 0 Å². The van der Waals surface area contributed by atoms with E-state index in [0.717, 1.165) is 27.9 Å². The monoisotopic (exact) mass is 363 g/mol. The highest BCUT2D eigenvalue weighted by Crippen LogP contribution is 2.28. The van der Waals surface area contributed by atoms with Gasteiger partial charge in [0.25, 0.3) is 0 Å². The minimum atomic E-state index is 0.680. The third-order valence-corrected chi connectivity index (χ3v) is 3.94. The Hall–Kier alpha value is -3.61. The fourth-order valence-electron chi connectivity index (χ4n) is 2.61. The van der Waals surface area contributed by atoms with Crippen molar-refractivity contribution in [2.75, 3.05) is 26.6 Å². The number of nitrogens with zero attached hydrogens (tertiary/aromatic N) is 3.